The first-order valence-electron chi connectivity index (χ1n) is 9.56. The summed E-state index contributed by atoms with van der Waals surface area (Å²) in [4.78, 5) is 24.3. The third-order valence-electron chi connectivity index (χ3n) is 3.94. The Morgan fingerprint density at radius 3 is 2.44 bits per heavy atom. The quantitative estimate of drug-likeness (QED) is 0.289. The monoisotopic (exact) mass is 605 g/mol. The molecule has 0 aliphatic rings. The Bertz CT molecular complexity index is 992. The van der Waals surface area contributed by atoms with E-state index >= 15 is 0 Å². The number of ether oxygens (including phenoxy) is 2. The Hall–Kier alpha value is -1.88. The summed E-state index contributed by atoms with van der Waals surface area (Å²) in [6, 6.07) is 10.0. The summed E-state index contributed by atoms with van der Waals surface area (Å²) in [5.74, 6) is 0.609. The zero-order chi connectivity index (χ0) is 23.7. The molecule has 2 aromatic carbocycles. The van der Waals surface area contributed by atoms with Crippen molar-refractivity contribution in [2.45, 2.75) is 20.3 Å². The SMILES string of the molecule is CC(C)CCOc1ccc(C(=O)NC(=S)NNC(=O)COc2ccc(Br)cc2Cl)cc1Br. The lowest BCUT2D eigenvalue weighted by atomic mass is 10.1. The first-order chi connectivity index (χ1) is 15.2. The zero-order valence-electron chi connectivity index (χ0n) is 17.3. The fourth-order valence-corrected chi connectivity index (χ4v) is 3.63. The normalized spacial score (nSPS) is 10.4. The van der Waals surface area contributed by atoms with Gasteiger partial charge in [0.2, 0.25) is 0 Å². The number of rotatable bonds is 8. The van der Waals surface area contributed by atoms with Crippen LogP contribution in [0.3, 0.4) is 0 Å². The third-order valence-corrected chi connectivity index (χ3v) is 5.55. The molecular weight excluding hydrogens is 586 g/mol. The summed E-state index contributed by atoms with van der Waals surface area (Å²) >= 11 is 17.8. The second kappa shape index (κ2) is 13.0. The van der Waals surface area contributed by atoms with Gasteiger partial charge in [0.05, 0.1) is 16.1 Å². The lowest BCUT2D eigenvalue weighted by molar-refractivity contribution is -0.123. The lowest BCUT2D eigenvalue weighted by Gasteiger charge is -2.13. The molecule has 0 heterocycles. The number of amides is 2. The minimum atomic E-state index is -0.508. The van der Waals surface area contributed by atoms with Crippen molar-refractivity contribution in [3.8, 4) is 11.5 Å². The number of benzene rings is 2. The van der Waals surface area contributed by atoms with Crippen molar-refractivity contribution in [2.24, 2.45) is 5.92 Å². The Morgan fingerprint density at radius 2 is 1.78 bits per heavy atom. The van der Waals surface area contributed by atoms with Crippen molar-refractivity contribution in [2.75, 3.05) is 13.2 Å². The number of halogens is 3. The Morgan fingerprint density at radius 1 is 1.06 bits per heavy atom. The van der Waals surface area contributed by atoms with Crippen LogP contribution >= 0.6 is 55.7 Å². The van der Waals surface area contributed by atoms with Gasteiger partial charge in [-0.15, -0.1) is 0 Å². The van der Waals surface area contributed by atoms with Crippen molar-refractivity contribution in [1.29, 1.82) is 0 Å². The topological polar surface area (TPSA) is 88.7 Å². The Kier molecular flexibility index (Phi) is 10.7. The Labute approximate surface area is 213 Å². The molecule has 0 aliphatic heterocycles. The summed E-state index contributed by atoms with van der Waals surface area (Å²) < 4.78 is 12.5. The molecule has 0 spiro atoms. The summed E-state index contributed by atoms with van der Waals surface area (Å²) in [5.41, 5.74) is 5.16. The molecule has 2 aromatic rings. The molecular formula is C21H22Br2ClN3O4S. The van der Waals surface area contributed by atoms with Gasteiger partial charge < -0.3 is 9.47 Å². The van der Waals surface area contributed by atoms with Gasteiger partial charge in [0, 0.05) is 10.0 Å². The van der Waals surface area contributed by atoms with Crippen LogP contribution in [0.2, 0.25) is 5.02 Å². The van der Waals surface area contributed by atoms with Gasteiger partial charge >= 0.3 is 0 Å². The van der Waals surface area contributed by atoms with Crippen molar-refractivity contribution in [1.82, 2.24) is 16.2 Å². The second-order valence-electron chi connectivity index (χ2n) is 7.00. The van der Waals surface area contributed by atoms with Crippen LogP contribution in [0.1, 0.15) is 30.6 Å². The molecule has 0 fully saturated rings. The van der Waals surface area contributed by atoms with Gasteiger partial charge in [-0.05, 0) is 76.9 Å². The molecule has 172 valence electrons. The fourth-order valence-electron chi connectivity index (χ4n) is 2.27. The van der Waals surface area contributed by atoms with E-state index in [0.717, 1.165) is 10.9 Å². The van der Waals surface area contributed by atoms with E-state index in [1.807, 2.05) is 0 Å². The average Bonchev–Trinajstić information content (AvgIpc) is 2.72. The van der Waals surface area contributed by atoms with Crippen LogP contribution in [0.5, 0.6) is 11.5 Å². The van der Waals surface area contributed by atoms with E-state index in [4.69, 9.17) is 33.3 Å². The highest BCUT2D eigenvalue weighted by Crippen LogP contribution is 2.28. The molecule has 11 heteroatoms. The average molecular weight is 608 g/mol. The van der Waals surface area contributed by atoms with Crippen LogP contribution in [0, 0.1) is 5.92 Å². The van der Waals surface area contributed by atoms with E-state index < -0.39 is 11.8 Å². The number of hydrogen-bond donors (Lipinski definition) is 3. The molecule has 32 heavy (non-hydrogen) atoms. The highest BCUT2D eigenvalue weighted by Gasteiger charge is 2.12. The first-order valence-corrected chi connectivity index (χ1v) is 11.9. The van der Waals surface area contributed by atoms with Gasteiger partial charge in [-0.1, -0.05) is 41.4 Å². The van der Waals surface area contributed by atoms with E-state index in [1.165, 1.54) is 0 Å². The van der Waals surface area contributed by atoms with E-state index in [1.54, 1.807) is 36.4 Å². The van der Waals surface area contributed by atoms with E-state index in [9.17, 15) is 9.59 Å². The minimum absolute atomic E-state index is 0.0709. The van der Waals surface area contributed by atoms with Gasteiger partial charge in [0.15, 0.2) is 11.7 Å². The maximum Gasteiger partial charge on any atom is 0.276 e. The molecule has 0 bridgehead atoms. The van der Waals surface area contributed by atoms with E-state index in [2.05, 4.69) is 61.9 Å². The molecule has 0 atom stereocenters. The molecule has 7 nitrogen and oxygen atoms in total. The fraction of sp³-hybridized carbons (Fsp3) is 0.286. The third kappa shape index (κ3) is 8.93. The highest BCUT2D eigenvalue weighted by molar-refractivity contribution is 9.10. The molecule has 0 aliphatic carbocycles. The number of hydrogen-bond acceptors (Lipinski definition) is 5. The van der Waals surface area contributed by atoms with Crippen LogP contribution in [0.4, 0.5) is 0 Å². The van der Waals surface area contributed by atoms with E-state index in [0.29, 0.717) is 39.1 Å². The second-order valence-corrected chi connectivity index (χ2v) is 9.58. The van der Waals surface area contributed by atoms with E-state index in [-0.39, 0.29) is 11.7 Å². The van der Waals surface area contributed by atoms with Gasteiger partial charge in [-0.3, -0.25) is 25.8 Å². The molecule has 2 rings (SSSR count). The summed E-state index contributed by atoms with van der Waals surface area (Å²) in [5, 5.41) is 2.78. The standard InChI is InChI=1S/C21H22Br2ClN3O4S/c1-12(2)7-8-30-17-5-3-13(9-15(17)23)20(29)25-21(32)27-26-19(28)11-31-18-6-4-14(22)10-16(18)24/h3-6,9-10,12H,7-8,11H2,1-2H3,(H,26,28)(H2,25,27,29,32). The molecule has 3 N–H and O–H groups in total. The molecule has 0 saturated heterocycles. The van der Waals surface area contributed by atoms with Crippen molar-refractivity contribution in [3.63, 3.8) is 0 Å². The minimum Gasteiger partial charge on any atom is -0.492 e. The van der Waals surface area contributed by atoms with Crippen molar-refractivity contribution in [3.05, 3.63) is 55.9 Å². The van der Waals surface area contributed by atoms with Crippen LogP contribution in [-0.4, -0.2) is 30.1 Å². The lowest BCUT2D eigenvalue weighted by Crippen LogP contribution is -2.49. The number of carbonyl (C=O) groups is 2. The summed E-state index contributed by atoms with van der Waals surface area (Å²) in [6.45, 7) is 4.54. The smallest absolute Gasteiger partial charge is 0.276 e. The van der Waals surface area contributed by atoms with Crippen LogP contribution in [0.25, 0.3) is 0 Å². The van der Waals surface area contributed by atoms with Crippen LogP contribution < -0.4 is 25.6 Å². The molecule has 0 aromatic heterocycles. The summed E-state index contributed by atoms with van der Waals surface area (Å²) in [7, 11) is 0. The molecule has 0 unspecified atom stereocenters. The summed E-state index contributed by atoms with van der Waals surface area (Å²) in [6.07, 6.45) is 0.932. The van der Waals surface area contributed by atoms with Crippen LogP contribution in [0.15, 0.2) is 45.3 Å². The van der Waals surface area contributed by atoms with Gasteiger partial charge in [0.25, 0.3) is 11.8 Å². The highest BCUT2D eigenvalue weighted by atomic mass is 79.9. The number of hydrazine groups is 1. The maximum atomic E-state index is 12.4. The Balaban J connectivity index is 1.77. The zero-order valence-corrected chi connectivity index (χ0v) is 22.1. The van der Waals surface area contributed by atoms with Gasteiger partial charge in [-0.25, -0.2) is 0 Å². The van der Waals surface area contributed by atoms with Gasteiger partial charge in [-0.2, -0.15) is 0 Å². The molecule has 0 saturated carbocycles. The maximum absolute atomic E-state index is 12.4. The molecule has 0 radical (unpaired) electrons. The predicted octanol–water partition coefficient (Wildman–Crippen LogP) is 5.00. The van der Waals surface area contributed by atoms with Crippen molar-refractivity contribution >= 4 is 72.6 Å². The van der Waals surface area contributed by atoms with Crippen LogP contribution in [-0.2, 0) is 4.79 Å². The first kappa shape index (κ1) is 26.4. The number of thiocarbonyl (C=S) groups is 1. The number of carbonyl (C=O) groups excluding carboxylic acids is 2. The van der Waals surface area contributed by atoms with Gasteiger partial charge in [0.1, 0.15) is 11.5 Å². The molecule has 2 amide bonds. The van der Waals surface area contributed by atoms with Crippen molar-refractivity contribution < 1.29 is 19.1 Å². The largest absolute Gasteiger partial charge is 0.492 e. The predicted molar refractivity (Wildman–Crippen MR) is 135 cm³/mol. The number of nitrogens with one attached hydrogen (secondary N) is 3.